The van der Waals surface area contributed by atoms with Gasteiger partial charge in [-0.2, -0.15) is 0 Å². The van der Waals surface area contributed by atoms with Crippen LogP contribution in [0, 0.1) is 0 Å². The number of hydrogen-bond acceptors (Lipinski definition) is 3. The largest absolute Gasteiger partial charge is 0.325 e. The normalized spacial score (nSPS) is 18.7. The van der Waals surface area contributed by atoms with Gasteiger partial charge in [0.1, 0.15) is 0 Å². The summed E-state index contributed by atoms with van der Waals surface area (Å²) in [6.45, 7) is 3.36. The van der Waals surface area contributed by atoms with Crippen molar-refractivity contribution in [3.63, 3.8) is 0 Å². The minimum atomic E-state index is -3.28. The van der Waals surface area contributed by atoms with Gasteiger partial charge in [0, 0.05) is 11.4 Å². The fraction of sp³-hybridized carbons (Fsp3) is 0.364. The molecule has 0 fully saturated rings. The lowest BCUT2D eigenvalue weighted by Crippen LogP contribution is -2.14. The van der Waals surface area contributed by atoms with E-state index < -0.39 is 10.0 Å². The molecule has 1 aliphatic heterocycles. The average molecular weight is 254 g/mol. The second-order valence-electron chi connectivity index (χ2n) is 4.02. The zero-order chi connectivity index (χ0) is 12.6. The van der Waals surface area contributed by atoms with E-state index in [2.05, 4.69) is 10.0 Å². The van der Waals surface area contributed by atoms with E-state index in [1.807, 2.05) is 0 Å². The van der Waals surface area contributed by atoms with Crippen LogP contribution in [0.4, 0.5) is 11.4 Å². The average Bonchev–Trinajstić information content (AvgIpc) is 2.55. The molecule has 6 heteroatoms. The maximum Gasteiger partial charge on any atom is 0.232 e. The fourth-order valence-corrected chi connectivity index (χ4v) is 2.36. The lowest BCUT2D eigenvalue weighted by molar-refractivity contribution is -0.116. The van der Waals surface area contributed by atoms with Gasteiger partial charge in [0.05, 0.1) is 11.7 Å². The first kappa shape index (κ1) is 11.9. The molecule has 5 nitrogen and oxygen atoms in total. The molecule has 0 spiro atoms. The third kappa shape index (κ3) is 2.26. The van der Waals surface area contributed by atoms with E-state index in [1.165, 1.54) is 0 Å². The number of sulfonamides is 1. The Kier molecular flexibility index (Phi) is 2.82. The lowest BCUT2D eigenvalue weighted by atomic mass is 10.0. The zero-order valence-corrected chi connectivity index (χ0v) is 10.5. The maximum atomic E-state index is 11.4. The highest BCUT2D eigenvalue weighted by Crippen LogP contribution is 2.34. The van der Waals surface area contributed by atoms with E-state index in [-0.39, 0.29) is 17.6 Å². The number of nitrogens with one attached hydrogen (secondary N) is 2. The van der Waals surface area contributed by atoms with Crippen molar-refractivity contribution in [2.24, 2.45) is 0 Å². The van der Waals surface area contributed by atoms with Crippen LogP contribution in [0.5, 0.6) is 0 Å². The van der Waals surface area contributed by atoms with Gasteiger partial charge in [-0.05, 0) is 37.6 Å². The molecule has 1 amide bonds. The van der Waals surface area contributed by atoms with E-state index in [1.54, 1.807) is 32.0 Å². The summed E-state index contributed by atoms with van der Waals surface area (Å²) in [5, 5.41) is 2.74. The minimum absolute atomic E-state index is 0.0246. The van der Waals surface area contributed by atoms with Gasteiger partial charge in [-0.3, -0.25) is 9.52 Å². The second-order valence-corrected chi connectivity index (χ2v) is 6.03. The Morgan fingerprint density at radius 2 is 2.12 bits per heavy atom. The smallest absolute Gasteiger partial charge is 0.232 e. The summed E-state index contributed by atoms with van der Waals surface area (Å²) in [6.07, 6.45) is 0. The standard InChI is InChI=1S/C11H14N2O3S/c1-3-17(15,16)13-8-4-5-10-9(6-8)7(2)11(14)12-10/h4-7,13H,3H2,1-2H3,(H,12,14). The van der Waals surface area contributed by atoms with Gasteiger partial charge in [0.15, 0.2) is 0 Å². The molecule has 92 valence electrons. The lowest BCUT2D eigenvalue weighted by Gasteiger charge is -2.08. The monoisotopic (exact) mass is 254 g/mol. The van der Waals surface area contributed by atoms with Crippen molar-refractivity contribution in [1.29, 1.82) is 0 Å². The SMILES string of the molecule is CCS(=O)(=O)Nc1ccc2c(c1)C(C)C(=O)N2. The predicted octanol–water partition coefficient (Wildman–Crippen LogP) is 1.50. The summed E-state index contributed by atoms with van der Waals surface area (Å²) in [4.78, 5) is 11.4. The van der Waals surface area contributed by atoms with Crippen LogP contribution in [0.2, 0.25) is 0 Å². The number of anilines is 2. The van der Waals surface area contributed by atoms with Gasteiger partial charge in [0.2, 0.25) is 15.9 Å². The molecule has 1 aromatic rings. The highest BCUT2D eigenvalue weighted by molar-refractivity contribution is 7.92. The van der Waals surface area contributed by atoms with Gasteiger partial charge >= 0.3 is 0 Å². The van der Waals surface area contributed by atoms with Gasteiger partial charge in [-0.25, -0.2) is 8.42 Å². The maximum absolute atomic E-state index is 11.4. The molecule has 1 unspecified atom stereocenters. The molecule has 0 radical (unpaired) electrons. The second kappa shape index (κ2) is 4.03. The van der Waals surface area contributed by atoms with Crippen LogP contribution in [-0.2, 0) is 14.8 Å². The quantitative estimate of drug-likeness (QED) is 0.858. The molecular formula is C11H14N2O3S. The molecule has 17 heavy (non-hydrogen) atoms. The first-order valence-corrected chi connectivity index (χ1v) is 7.03. The van der Waals surface area contributed by atoms with Crippen LogP contribution in [0.25, 0.3) is 0 Å². The summed E-state index contributed by atoms with van der Waals surface area (Å²) < 4.78 is 25.3. The van der Waals surface area contributed by atoms with Crippen molar-refractivity contribution in [3.8, 4) is 0 Å². The molecule has 0 saturated heterocycles. The Labute approximate surface area is 100 Å². The van der Waals surface area contributed by atoms with Crippen LogP contribution in [0.1, 0.15) is 25.3 Å². The topological polar surface area (TPSA) is 75.3 Å². The molecule has 1 aliphatic rings. The van der Waals surface area contributed by atoms with Gasteiger partial charge in [0.25, 0.3) is 0 Å². The molecule has 2 N–H and O–H groups in total. The number of carbonyl (C=O) groups is 1. The molecule has 0 aliphatic carbocycles. The predicted molar refractivity (Wildman–Crippen MR) is 66.6 cm³/mol. The Morgan fingerprint density at radius 1 is 1.41 bits per heavy atom. The molecule has 2 rings (SSSR count). The summed E-state index contributed by atoms with van der Waals surface area (Å²) >= 11 is 0. The van der Waals surface area contributed by atoms with Crippen LogP contribution in [-0.4, -0.2) is 20.1 Å². The third-order valence-corrected chi connectivity index (χ3v) is 4.13. The molecule has 1 aromatic carbocycles. The van der Waals surface area contributed by atoms with Crippen molar-refractivity contribution < 1.29 is 13.2 Å². The van der Waals surface area contributed by atoms with Crippen LogP contribution >= 0.6 is 0 Å². The van der Waals surface area contributed by atoms with Crippen molar-refractivity contribution in [2.45, 2.75) is 19.8 Å². The molecule has 1 heterocycles. The van der Waals surface area contributed by atoms with Crippen molar-refractivity contribution in [3.05, 3.63) is 23.8 Å². The molecule has 0 saturated carbocycles. The molecule has 0 bridgehead atoms. The summed E-state index contributed by atoms with van der Waals surface area (Å²) in [5.74, 6) is -0.275. The van der Waals surface area contributed by atoms with E-state index in [4.69, 9.17) is 0 Å². The van der Waals surface area contributed by atoms with Crippen LogP contribution in [0.3, 0.4) is 0 Å². The summed E-state index contributed by atoms with van der Waals surface area (Å²) in [5.41, 5.74) is 2.07. The molecular weight excluding hydrogens is 240 g/mol. The van der Waals surface area contributed by atoms with E-state index in [0.717, 1.165) is 11.3 Å². The van der Waals surface area contributed by atoms with Crippen LogP contribution < -0.4 is 10.0 Å². The minimum Gasteiger partial charge on any atom is -0.325 e. The van der Waals surface area contributed by atoms with Crippen molar-refractivity contribution in [2.75, 3.05) is 15.8 Å². The first-order valence-electron chi connectivity index (χ1n) is 5.38. The number of amides is 1. The number of rotatable bonds is 3. The van der Waals surface area contributed by atoms with E-state index in [0.29, 0.717) is 5.69 Å². The van der Waals surface area contributed by atoms with Gasteiger partial charge in [-0.1, -0.05) is 0 Å². The Bertz CT molecular complexity index is 566. The zero-order valence-electron chi connectivity index (χ0n) is 9.65. The number of fused-ring (bicyclic) bond motifs is 1. The van der Waals surface area contributed by atoms with Gasteiger partial charge in [-0.15, -0.1) is 0 Å². The molecule has 0 aromatic heterocycles. The number of benzene rings is 1. The number of hydrogen-bond donors (Lipinski definition) is 2. The van der Waals surface area contributed by atoms with E-state index in [9.17, 15) is 13.2 Å². The summed E-state index contributed by atoms with van der Waals surface area (Å²) in [6, 6.07) is 5.06. The van der Waals surface area contributed by atoms with Gasteiger partial charge < -0.3 is 5.32 Å². The first-order chi connectivity index (χ1) is 7.93. The molecule has 1 atom stereocenters. The van der Waals surface area contributed by atoms with E-state index >= 15 is 0 Å². The Hall–Kier alpha value is -1.56. The van der Waals surface area contributed by atoms with Crippen LogP contribution in [0.15, 0.2) is 18.2 Å². The highest BCUT2D eigenvalue weighted by Gasteiger charge is 2.26. The third-order valence-electron chi connectivity index (χ3n) is 2.82. The van der Waals surface area contributed by atoms with Crippen molar-refractivity contribution in [1.82, 2.24) is 0 Å². The fourth-order valence-electron chi connectivity index (χ4n) is 1.73. The highest BCUT2D eigenvalue weighted by atomic mass is 32.2. The number of carbonyl (C=O) groups excluding carboxylic acids is 1. The Morgan fingerprint density at radius 3 is 2.76 bits per heavy atom. The van der Waals surface area contributed by atoms with Crippen molar-refractivity contribution >= 4 is 27.3 Å². The summed E-state index contributed by atoms with van der Waals surface area (Å²) in [7, 11) is -3.28. The Balaban J connectivity index is 2.33.